The van der Waals surface area contributed by atoms with Gasteiger partial charge in [-0.25, -0.2) is 4.39 Å². The fourth-order valence-corrected chi connectivity index (χ4v) is 2.71. The molecular formula is C15H19F4N. The Morgan fingerprint density at radius 1 is 1.05 bits per heavy atom. The molecule has 0 atom stereocenters. The van der Waals surface area contributed by atoms with Gasteiger partial charge in [-0.15, -0.1) is 0 Å². The molecule has 1 fully saturated rings. The van der Waals surface area contributed by atoms with Crippen LogP contribution in [0.2, 0.25) is 0 Å². The van der Waals surface area contributed by atoms with E-state index in [1.807, 2.05) is 0 Å². The van der Waals surface area contributed by atoms with Crippen molar-refractivity contribution in [2.75, 3.05) is 0 Å². The van der Waals surface area contributed by atoms with E-state index in [1.165, 1.54) is 6.07 Å². The van der Waals surface area contributed by atoms with E-state index in [2.05, 4.69) is 13.8 Å². The van der Waals surface area contributed by atoms with E-state index >= 15 is 0 Å². The van der Waals surface area contributed by atoms with Crippen molar-refractivity contribution in [2.24, 2.45) is 11.1 Å². The molecule has 1 aliphatic rings. The Hall–Kier alpha value is -1.10. The van der Waals surface area contributed by atoms with Gasteiger partial charge in [0.2, 0.25) is 0 Å². The summed E-state index contributed by atoms with van der Waals surface area (Å²) in [5.74, 6) is -1.25. The lowest BCUT2D eigenvalue weighted by atomic mass is 9.67. The zero-order valence-corrected chi connectivity index (χ0v) is 11.6. The second-order valence-electron chi connectivity index (χ2n) is 6.51. The molecule has 0 aromatic heterocycles. The second kappa shape index (κ2) is 4.72. The third kappa shape index (κ3) is 2.97. The van der Waals surface area contributed by atoms with Crippen molar-refractivity contribution in [1.29, 1.82) is 0 Å². The van der Waals surface area contributed by atoms with Gasteiger partial charge in [-0.05, 0) is 48.8 Å². The first-order valence-corrected chi connectivity index (χ1v) is 6.70. The maximum Gasteiger partial charge on any atom is 0.419 e. The van der Waals surface area contributed by atoms with Crippen molar-refractivity contribution in [3.05, 3.63) is 35.1 Å². The molecule has 1 aromatic carbocycles. The molecule has 0 amide bonds. The van der Waals surface area contributed by atoms with Gasteiger partial charge in [0.1, 0.15) is 5.82 Å². The zero-order valence-electron chi connectivity index (χ0n) is 11.6. The summed E-state index contributed by atoms with van der Waals surface area (Å²) in [7, 11) is 0. The molecule has 1 nitrogen and oxygen atoms in total. The van der Waals surface area contributed by atoms with Gasteiger partial charge in [0.05, 0.1) is 5.56 Å². The van der Waals surface area contributed by atoms with Crippen molar-refractivity contribution < 1.29 is 17.6 Å². The molecule has 0 saturated heterocycles. The summed E-state index contributed by atoms with van der Waals surface area (Å²) in [5, 5.41) is 0. The minimum absolute atomic E-state index is 0.162. The summed E-state index contributed by atoms with van der Waals surface area (Å²) < 4.78 is 51.6. The summed E-state index contributed by atoms with van der Waals surface area (Å²) in [6, 6.07) is 3.11. The van der Waals surface area contributed by atoms with Crippen LogP contribution >= 0.6 is 0 Å². The van der Waals surface area contributed by atoms with Crippen LogP contribution in [0.5, 0.6) is 0 Å². The summed E-state index contributed by atoms with van der Waals surface area (Å²) in [4.78, 5) is 0. The lowest BCUT2D eigenvalue weighted by Gasteiger charge is -2.41. The molecule has 1 saturated carbocycles. The largest absolute Gasteiger partial charge is 0.419 e. The summed E-state index contributed by atoms with van der Waals surface area (Å²) in [6.45, 7) is 4.25. The number of halogens is 4. The van der Waals surface area contributed by atoms with E-state index in [-0.39, 0.29) is 5.41 Å². The predicted octanol–water partition coefficient (Wildman–Crippen LogP) is 4.60. The summed E-state index contributed by atoms with van der Waals surface area (Å²) in [5.41, 5.74) is 4.79. The number of rotatable bonds is 1. The van der Waals surface area contributed by atoms with Crippen LogP contribution in [0.3, 0.4) is 0 Å². The Labute approximate surface area is 116 Å². The highest BCUT2D eigenvalue weighted by atomic mass is 19.4. The van der Waals surface area contributed by atoms with Crippen molar-refractivity contribution in [2.45, 2.75) is 51.2 Å². The Morgan fingerprint density at radius 2 is 1.60 bits per heavy atom. The molecule has 2 rings (SSSR count). The summed E-state index contributed by atoms with van der Waals surface area (Å²) in [6.07, 6.45) is -1.76. The van der Waals surface area contributed by atoms with Gasteiger partial charge in [0.15, 0.2) is 0 Å². The van der Waals surface area contributed by atoms with Gasteiger partial charge >= 0.3 is 6.18 Å². The van der Waals surface area contributed by atoms with Gasteiger partial charge in [-0.1, -0.05) is 19.9 Å². The Kier molecular flexibility index (Phi) is 3.61. The molecular weight excluding hydrogens is 270 g/mol. The molecule has 0 spiro atoms. The van der Waals surface area contributed by atoms with E-state index in [4.69, 9.17) is 5.73 Å². The minimum Gasteiger partial charge on any atom is -0.321 e. The van der Waals surface area contributed by atoms with Crippen molar-refractivity contribution in [3.8, 4) is 0 Å². The lowest BCUT2D eigenvalue weighted by molar-refractivity contribution is -0.140. The van der Waals surface area contributed by atoms with E-state index in [0.29, 0.717) is 18.4 Å². The molecule has 1 aliphatic carbocycles. The Balaban J connectivity index is 2.34. The molecule has 0 unspecified atom stereocenters. The highest BCUT2D eigenvalue weighted by Gasteiger charge is 2.39. The van der Waals surface area contributed by atoms with Gasteiger partial charge in [-0.3, -0.25) is 0 Å². The number of hydrogen-bond donors (Lipinski definition) is 1. The van der Waals surface area contributed by atoms with Crippen molar-refractivity contribution >= 4 is 0 Å². The van der Waals surface area contributed by atoms with Gasteiger partial charge < -0.3 is 5.73 Å². The topological polar surface area (TPSA) is 26.0 Å². The average molecular weight is 289 g/mol. The molecule has 5 heteroatoms. The maximum absolute atomic E-state index is 13.3. The first-order valence-electron chi connectivity index (χ1n) is 6.70. The molecule has 0 heterocycles. The third-order valence-corrected chi connectivity index (χ3v) is 4.34. The van der Waals surface area contributed by atoms with Gasteiger partial charge in [0, 0.05) is 5.54 Å². The smallest absolute Gasteiger partial charge is 0.321 e. The Morgan fingerprint density at radius 3 is 2.10 bits per heavy atom. The van der Waals surface area contributed by atoms with E-state index in [1.54, 1.807) is 0 Å². The van der Waals surface area contributed by atoms with Crippen molar-refractivity contribution in [1.82, 2.24) is 0 Å². The van der Waals surface area contributed by atoms with E-state index in [0.717, 1.165) is 25.0 Å². The molecule has 112 valence electrons. The van der Waals surface area contributed by atoms with E-state index < -0.39 is 23.1 Å². The van der Waals surface area contributed by atoms with Crippen LogP contribution in [0.15, 0.2) is 18.2 Å². The highest BCUT2D eigenvalue weighted by Crippen LogP contribution is 2.44. The zero-order chi connectivity index (χ0) is 15.2. The lowest BCUT2D eigenvalue weighted by Crippen LogP contribution is -2.42. The number of alkyl halides is 3. The van der Waals surface area contributed by atoms with Crippen LogP contribution in [-0.4, -0.2) is 0 Å². The third-order valence-electron chi connectivity index (χ3n) is 4.34. The normalized spacial score (nSPS) is 21.8. The molecule has 0 aliphatic heterocycles. The molecule has 0 radical (unpaired) electrons. The maximum atomic E-state index is 13.3. The van der Waals surface area contributed by atoms with Crippen LogP contribution < -0.4 is 5.73 Å². The molecule has 20 heavy (non-hydrogen) atoms. The number of hydrogen-bond acceptors (Lipinski definition) is 1. The monoisotopic (exact) mass is 289 g/mol. The standard InChI is InChI=1S/C15H19F4N/c1-13(2)5-7-14(20,8-6-13)10-3-4-12(16)11(9-10)15(17,18)19/h3-4,9H,5-8,20H2,1-2H3. The first kappa shape index (κ1) is 15.3. The van der Waals surface area contributed by atoms with Crippen LogP contribution in [0, 0.1) is 11.2 Å². The highest BCUT2D eigenvalue weighted by molar-refractivity contribution is 5.32. The van der Waals surface area contributed by atoms with Crippen LogP contribution in [0.4, 0.5) is 17.6 Å². The van der Waals surface area contributed by atoms with Crippen LogP contribution in [-0.2, 0) is 11.7 Å². The fraction of sp³-hybridized carbons (Fsp3) is 0.600. The number of benzene rings is 1. The quantitative estimate of drug-likeness (QED) is 0.751. The van der Waals surface area contributed by atoms with Crippen LogP contribution in [0.1, 0.15) is 50.7 Å². The summed E-state index contributed by atoms with van der Waals surface area (Å²) >= 11 is 0. The molecule has 0 bridgehead atoms. The number of nitrogens with two attached hydrogens (primary N) is 1. The molecule has 2 N–H and O–H groups in total. The van der Waals surface area contributed by atoms with Crippen molar-refractivity contribution in [3.63, 3.8) is 0 Å². The minimum atomic E-state index is -4.69. The van der Waals surface area contributed by atoms with E-state index in [9.17, 15) is 17.6 Å². The van der Waals surface area contributed by atoms with Crippen LogP contribution in [0.25, 0.3) is 0 Å². The second-order valence-corrected chi connectivity index (χ2v) is 6.51. The first-order chi connectivity index (χ1) is 9.04. The molecule has 1 aromatic rings. The average Bonchev–Trinajstić information content (AvgIpc) is 2.32. The Bertz CT molecular complexity index is 495. The van der Waals surface area contributed by atoms with Gasteiger partial charge in [0.25, 0.3) is 0 Å². The fourth-order valence-electron chi connectivity index (χ4n) is 2.71. The predicted molar refractivity (Wildman–Crippen MR) is 69.5 cm³/mol. The van der Waals surface area contributed by atoms with Gasteiger partial charge in [-0.2, -0.15) is 13.2 Å². The SMILES string of the molecule is CC1(C)CCC(N)(c2ccc(F)c(C(F)(F)F)c2)CC1.